The molecule has 0 aliphatic rings. The number of phenolic OH excluding ortho intramolecular Hbond substituents is 1. The molecule has 0 aliphatic heterocycles. The van der Waals surface area contributed by atoms with Gasteiger partial charge < -0.3 is 32.5 Å². The largest absolute Gasteiger partial charge is 0.508 e. The third kappa shape index (κ3) is 8.21. The molecule has 4 amide bonds. The molecule has 2 aromatic carbocycles. The fourth-order valence-electron chi connectivity index (χ4n) is 3.10. The molecular formula is C24H31N5O5. The highest BCUT2D eigenvalue weighted by Crippen LogP contribution is 2.12. The van der Waals surface area contributed by atoms with Crippen molar-refractivity contribution in [3.05, 3.63) is 65.7 Å². The molecule has 34 heavy (non-hydrogen) atoms. The lowest BCUT2D eigenvalue weighted by atomic mass is 10.0. The molecule has 0 unspecified atom stereocenters. The lowest BCUT2D eigenvalue weighted by Gasteiger charge is -2.25. The van der Waals surface area contributed by atoms with E-state index in [9.17, 15) is 24.3 Å². The van der Waals surface area contributed by atoms with Gasteiger partial charge in [0.25, 0.3) is 0 Å². The lowest BCUT2D eigenvalue weighted by molar-refractivity contribution is -0.133. The average molecular weight is 470 g/mol. The van der Waals surface area contributed by atoms with Crippen molar-refractivity contribution in [1.82, 2.24) is 16.0 Å². The number of carbonyl (C=O) groups is 4. The van der Waals surface area contributed by atoms with Crippen LogP contribution in [0.2, 0.25) is 0 Å². The molecule has 8 N–H and O–H groups in total. The highest BCUT2D eigenvalue weighted by atomic mass is 16.3. The number of primary amides is 1. The van der Waals surface area contributed by atoms with Crippen LogP contribution in [0.5, 0.6) is 5.75 Å². The van der Waals surface area contributed by atoms with E-state index in [-0.39, 0.29) is 18.6 Å². The van der Waals surface area contributed by atoms with Gasteiger partial charge in [-0.15, -0.1) is 0 Å². The summed E-state index contributed by atoms with van der Waals surface area (Å²) in [6.07, 6.45) is 0.249. The van der Waals surface area contributed by atoms with Crippen LogP contribution in [0.4, 0.5) is 0 Å². The number of nitrogens with two attached hydrogens (primary N) is 2. The van der Waals surface area contributed by atoms with E-state index < -0.39 is 47.8 Å². The Morgan fingerprint density at radius 1 is 0.765 bits per heavy atom. The van der Waals surface area contributed by atoms with E-state index in [1.807, 2.05) is 30.3 Å². The van der Waals surface area contributed by atoms with Gasteiger partial charge in [-0.1, -0.05) is 42.5 Å². The summed E-state index contributed by atoms with van der Waals surface area (Å²) in [6.45, 7) is 2.93. The first-order chi connectivity index (χ1) is 16.1. The standard InChI is InChI=1S/C24H31N5O5/c1-14(25)22(32)28-20(12-16-6-4-3-5-7-16)24(34)29-19(23(33)27-15(2)21(26)31)13-17-8-10-18(30)11-9-17/h3-11,14-15,19-20,30H,12-13,25H2,1-2H3,(H2,26,31)(H,27,33)(H,28,32)(H,29,34)/t14-,15-,19-,20-/m0/s1. The van der Waals surface area contributed by atoms with Gasteiger partial charge in [-0.25, -0.2) is 0 Å². The normalized spacial score (nSPS) is 14.2. The number of nitrogens with one attached hydrogen (secondary N) is 3. The zero-order valence-electron chi connectivity index (χ0n) is 19.2. The summed E-state index contributed by atoms with van der Waals surface area (Å²) < 4.78 is 0. The molecule has 2 aromatic rings. The van der Waals surface area contributed by atoms with Crippen molar-refractivity contribution >= 4 is 23.6 Å². The minimum atomic E-state index is -1.08. The van der Waals surface area contributed by atoms with Crippen LogP contribution >= 0.6 is 0 Å². The second-order valence-corrected chi connectivity index (χ2v) is 8.10. The smallest absolute Gasteiger partial charge is 0.243 e. The SMILES string of the molecule is C[C@H](N)C(=O)N[C@@H](Cc1ccccc1)C(=O)N[C@@H](Cc1ccc(O)cc1)C(=O)N[C@@H](C)C(N)=O. The highest BCUT2D eigenvalue weighted by molar-refractivity contribution is 5.94. The molecule has 0 radical (unpaired) electrons. The minimum Gasteiger partial charge on any atom is -0.508 e. The van der Waals surface area contributed by atoms with Gasteiger partial charge in [0.2, 0.25) is 23.6 Å². The van der Waals surface area contributed by atoms with Crippen LogP contribution in [0.1, 0.15) is 25.0 Å². The van der Waals surface area contributed by atoms with E-state index in [2.05, 4.69) is 16.0 Å². The van der Waals surface area contributed by atoms with Crippen molar-refractivity contribution in [1.29, 1.82) is 0 Å². The number of hydrogen-bond donors (Lipinski definition) is 6. The summed E-state index contributed by atoms with van der Waals surface area (Å²) in [6, 6.07) is 11.3. The Hall–Kier alpha value is -3.92. The van der Waals surface area contributed by atoms with E-state index in [4.69, 9.17) is 11.5 Å². The van der Waals surface area contributed by atoms with Gasteiger partial charge >= 0.3 is 0 Å². The van der Waals surface area contributed by atoms with Gasteiger partial charge in [0.05, 0.1) is 6.04 Å². The maximum Gasteiger partial charge on any atom is 0.243 e. The molecule has 0 fully saturated rings. The zero-order chi connectivity index (χ0) is 25.3. The molecule has 10 nitrogen and oxygen atoms in total. The van der Waals surface area contributed by atoms with E-state index in [0.717, 1.165) is 5.56 Å². The molecule has 2 rings (SSSR count). The van der Waals surface area contributed by atoms with Gasteiger partial charge in [0, 0.05) is 12.8 Å². The van der Waals surface area contributed by atoms with Crippen molar-refractivity contribution in [3.63, 3.8) is 0 Å². The Morgan fingerprint density at radius 3 is 1.74 bits per heavy atom. The van der Waals surface area contributed by atoms with E-state index in [1.54, 1.807) is 12.1 Å². The van der Waals surface area contributed by atoms with Gasteiger partial charge in [-0.2, -0.15) is 0 Å². The molecule has 10 heteroatoms. The number of benzene rings is 2. The second kappa shape index (κ2) is 12.4. The Labute approximate surface area is 198 Å². The molecule has 0 aromatic heterocycles. The highest BCUT2D eigenvalue weighted by Gasteiger charge is 2.29. The Kier molecular flexibility index (Phi) is 9.57. The van der Waals surface area contributed by atoms with Gasteiger partial charge in [0.15, 0.2) is 0 Å². The average Bonchev–Trinajstić information content (AvgIpc) is 2.79. The summed E-state index contributed by atoms with van der Waals surface area (Å²) in [5.41, 5.74) is 12.4. The van der Waals surface area contributed by atoms with Crippen molar-refractivity contribution in [2.24, 2.45) is 11.5 Å². The molecule has 0 saturated heterocycles. The van der Waals surface area contributed by atoms with Gasteiger partial charge in [-0.3, -0.25) is 19.2 Å². The van der Waals surface area contributed by atoms with Crippen molar-refractivity contribution < 1.29 is 24.3 Å². The third-order valence-electron chi connectivity index (χ3n) is 5.12. The molecule has 0 spiro atoms. The number of rotatable bonds is 11. The summed E-state index contributed by atoms with van der Waals surface area (Å²) in [5.74, 6) is -2.40. The van der Waals surface area contributed by atoms with Crippen LogP contribution in [0.25, 0.3) is 0 Å². The van der Waals surface area contributed by atoms with Crippen molar-refractivity contribution in [2.75, 3.05) is 0 Å². The monoisotopic (exact) mass is 469 g/mol. The van der Waals surface area contributed by atoms with Gasteiger partial charge in [0.1, 0.15) is 23.9 Å². The van der Waals surface area contributed by atoms with E-state index in [1.165, 1.54) is 26.0 Å². The van der Waals surface area contributed by atoms with Gasteiger partial charge in [-0.05, 0) is 37.1 Å². The fourth-order valence-corrected chi connectivity index (χ4v) is 3.10. The van der Waals surface area contributed by atoms with Crippen molar-refractivity contribution in [2.45, 2.75) is 50.9 Å². The van der Waals surface area contributed by atoms with Crippen LogP contribution in [-0.4, -0.2) is 52.9 Å². The zero-order valence-corrected chi connectivity index (χ0v) is 19.2. The number of amides is 4. The number of aromatic hydroxyl groups is 1. The summed E-state index contributed by atoms with van der Waals surface area (Å²) in [5, 5.41) is 17.3. The minimum absolute atomic E-state index is 0.0534. The molecule has 0 bridgehead atoms. The van der Waals surface area contributed by atoms with E-state index >= 15 is 0 Å². The van der Waals surface area contributed by atoms with Crippen LogP contribution in [0.15, 0.2) is 54.6 Å². The summed E-state index contributed by atoms with van der Waals surface area (Å²) in [7, 11) is 0. The quantitative estimate of drug-likeness (QED) is 0.258. The molecule has 4 atom stereocenters. The Morgan fingerprint density at radius 2 is 1.24 bits per heavy atom. The molecule has 182 valence electrons. The molecule has 0 saturated carbocycles. The predicted molar refractivity (Wildman–Crippen MR) is 126 cm³/mol. The third-order valence-corrected chi connectivity index (χ3v) is 5.12. The maximum absolute atomic E-state index is 13.2. The first-order valence-electron chi connectivity index (χ1n) is 10.8. The Bertz CT molecular complexity index is 995. The first-order valence-corrected chi connectivity index (χ1v) is 10.8. The second-order valence-electron chi connectivity index (χ2n) is 8.10. The van der Waals surface area contributed by atoms with Crippen LogP contribution < -0.4 is 27.4 Å². The number of carbonyl (C=O) groups excluding carboxylic acids is 4. The molecular weight excluding hydrogens is 438 g/mol. The predicted octanol–water partition coefficient (Wildman–Crippen LogP) is -0.516. The molecule has 0 aliphatic carbocycles. The summed E-state index contributed by atoms with van der Waals surface area (Å²) >= 11 is 0. The maximum atomic E-state index is 13.2. The Balaban J connectivity index is 2.26. The van der Waals surface area contributed by atoms with Crippen molar-refractivity contribution in [3.8, 4) is 5.75 Å². The lowest BCUT2D eigenvalue weighted by Crippen LogP contribution is -2.58. The number of phenols is 1. The van der Waals surface area contributed by atoms with E-state index in [0.29, 0.717) is 5.56 Å². The molecule has 0 heterocycles. The fraction of sp³-hybridized carbons (Fsp3) is 0.333. The van der Waals surface area contributed by atoms with Crippen LogP contribution in [0.3, 0.4) is 0 Å². The first kappa shape index (κ1) is 26.3. The van der Waals surface area contributed by atoms with Crippen LogP contribution in [-0.2, 0) is 32.0 Å². The topological polar surface area (TPSA) is 177 Å². The number of hydrogen-bond acceptors (Lipinski definition) is 6. The van der Waals surface area contributed by atoms with Crippen LogP contribution in [0, 0.1) is 0 Å². The summed E-state index contributed by atoms with van der Waals surface area (Å²) in [4.78, 5) is 49.7.